The van der Waals surface area contributed by atoms with Crippen molar-refractivity contribution in [3.05, 3.63) is 35.9 Å². The predicted molar refractivity (Wildman–Crippen MR) is 77.4 cm³/mol. The monoisotopic (exact) mass is 260 g/mol. The van der Waals surface area contributed by atoms with Crippen LogP contribution in [0, 0.1) is 0 Å². The quantitative estimate of drug-likeness (QED) is 0.895. The Kier molecular flexibility index (Phi) is 4.49. The van der Waals surface area contributed by atoms with Crippen molar-refractivity contribution >= 4 is 0 Å². The van der Waals surface area contributed by atoms with Crippen LogP contribution >= 0.6 is 0 Å². The molecular formula is C16H24N2O. The number of benzene rings is 1. The van der Waals surface area contributed by atoms with Gasteiger partial charge in [0.25, 0.3) is 0 Å². The lowest BCUT2D eigenvalue weighted by molar-refractivity contribution is 0.142. The lowest BCUT2D eigenvalue weighted by Gasteiger charge is -2.29. The van der Waals surface area contributed by atoms with Crippen molar-refractivity contribution in [2.75, 3.05) is 32.8 Å². The van der Waals surface area contributed by atoms with E-state index in [9.17, 15) is 0 Å². The first kappa shape index (κ1) is 13.1. The molecule has 0 spiro atoms. The van der Waals surface area contributed by atoms with Crippen LogP contribution in [0.5, 0.6) is 0 Å². The van der Waals surface area contributed by atoms with E-state index in [0.29, 0.717) is 12.1 Å². The molecule has 0 saturated carbocycles. The number of ether oxygens (including phenoxy) is 1. The van der Waals surface area contributed by atoms with E-state index in [2.05, 4.69) is 40.5 Å². The molecule has 0 aromatic heterocycles. The number of hydrogen-bond donors (Lipinski definition) is 1. The molecule has 2 heterocycles. The Balaban J connectivity index is 1.61. The van der Waals surface area contributed by atoms with Crippen LogP contribution in [-0.2, 0) is 11.2 Å². The molecule has 1 N–H and O–H groups in total. The zero-order valence-corrected chi connectivity index (χ0v) is 11.6. The summed E-state index contributed by atoms with van der Waals surface area (Å²) < 4.78 is 5.54. The smallest absolute Gasteiger partial charge is 0.0622 e. The van der Waals surface area contributed by atoms with Gasteiger partial charge < -0.3 is 10.1 Å². The zero-order valence-electron chi connectivity index (χ0n) is 11.6. The van der Waals surface area contributed by atoms with Gasteiger partial charge in [-0.1, -0.05) is 30.3 Å². The first-order valence-corrected chi connectivity index (χ1v) is 7.51. The second-order valence-electron chi connectivity index (χ2n) is 5.71. The number of rotatable bonds is 3. The molecule has 1 aromatic rings. The van der Waals surface area contributed by atoms with Crippen molar-refractivity contribution < 1.29 is 4.74 Å². The Labute approximate surface area is 115 Å². The van der Waals surface area contributed by atoms with Crippen molar-refractivity contribution in [1.29, 1.82) is 0 Å². The van der Waals surface area contributed by atoms with Crippen LogP contribution in [0.4, 0.5) is 0 Å². The van der Waals surface area contributed by atoms with Gasteiger partial charge in [-0.05, 0) is 37.9 Å². The van der Waals surface area contributed by atoms with Gasteiger partial charge in [0.1, 0.15) is 0 Å². The van der Waals surface area contributed by atoms with Gasteiger partial charge in [0.2, 0.25) is 0 Å². The molecular weight excluding hydrogens is 236 g/mol. The second kappa shape index (κ2) is 6.51. The molecule has 0 aliphatic carbocycles. The highest BCUT2D eigenvalue weighted by molar-refractivity contribution is 5.16. The van der Waals surface area contributed by atoms with Crippen LogP contribution in [0.15, 0.2) is 30.3 Å². The summed E-state index contributed by atoms with van der Waals surface area (Å²) in [4.78, 5) is 2.64. The van der Waals surface area contributed by atoms with E-state index in [1.165, 1.54) is 24.9 Å². The highest BCUT2D eigenvalue weighted by Crippen LogP contribution is 2.16. The SMILES string of the molecule is c1ccc(CC2CN(C3CCOC3)CCCN2)cc1. The Hall–Kier alpha value is -0.900. The largest absolute Gasteiger partial charge is 0.380 e. The van der Waals surface area contributed by atoms with E-state index in [0.717, 1.165) is 32.7 Å². The Morgan fingerprint density at radius 1 is 1.26 bits per heavy atom. The Bertz CT molecular complexity index is 376. The molecule has 3 nitrogen and oxygen atoms in total. The summed E-state index contributed by atoms with van der Waals surface area (Å²) >= 11 is 0. The maximum Gasteiger partial charge on any atom is 0.0622 e. The molecule has 2 atom stereocenters. The molecule has 0 amide bonds. The zero-order chi connectivity index (χ0) is 12.9. The third kappa shape index (κ3) is 3.56. The number of nitrogens with one attached hydrogen (secondary N) is 1. The summed E-state index contributed by atoms with van der Waals surface area (Å²) in [6, 6.07) is 12.0. The average Bonchev–Trinajstić information content (AvgIpc) is 2.88. The molecule has 0 bridgehead atoms. The van der Waals surface area contributed by atoms with E-state index >= 15 is 0 Å². The van der Waals surface area contributed by atoms with Gasteiger partial charge in [0.05, 0.1) is 6.61 Å². The first-order valence-electron chi connectivity index (χ1n) is 7.51. The number of hydrogen-bond acceptors (Lipinski definition) is 3. The maximum absolute atomic E-state index is 5.54. The van der Waals surface area contributed by atoms with Crippen LogP contribution < -0.4 is 5.32 Å². The molecule has 2 aliphatic rings. The van der Waals surface area contributed by atoms with Crippen LogP contribution in [0.1, 0.15) is 18.4 Å². The summed E-state index contributed by atoms with van der Waals surface area (Å²) in [6.45, 7) is 5.38. The number of nitrogens with zero attached hydrogens (tertiary/aromatic N) is 1. The molecule has 19 heavy (non-hydrogen) atoms. The molecule has 1 aromatic carbocycles. The first-order chi connectivity index (χ1) is 9.42. The molecule has 0 radical (unpaired) electrons. The van der Waals surface area contributed by atoms with Crippen molar-refractivity contribution in [3.8, 4) is 0 Å². The topological polar surface area (TPSA) is 24.5 Å². The minimum Gasteiger partial charge on any atom is -0.380 e. The van der Waals surface area contributed by atoms with Gasteiger partial charge >= 0.3 is 0 Å². The average molecular weight is 260 g/mol. The van der Waals surface area contributed by atoms with Crippen LogP contribution in [-0.4, -0.2) is 49.8 Å². The minimum atomic E-state index is 0.575. The van der Waals surface area contributed by atoms with Gasteiger partial charge in [-0.2, -0.15) is 0 Å². The van der Waals surface area contributed by atoms with E-state index in [1.807, 2.05) is 0 Å². The van der Waals surface area contributed by atoms with Gasteiger partial charge in [-0.15, -0.1) is 0 Å². The van der Waals surface area contributed by atoms with E-state index in [1.54, 1.807) is 0 Å². The van der Waals surface area contributed by atoms with Crippen molar-refractivity contribution in [2.24, 2.45) is 0 Å². The highest BCUT2D eigenvalue weighted by atomic mass is 16.5. The van der Waals surface area contributed by atoms with Crippen molar-refractivity contribution in [3.63, 3.8) is 0 Å². The summed E-state index contributed by atoms with van der Waals surface area (Å²) in [5.41, 5.74) is 1.43. The van der Waals surface area contributed by atoms with Crippen LogP contribution in [0.2, 0.25) is 0 Å². The fourth-order valence-electron chi connectivity index (χ4n) is 3.20. The van der Waals surface area contributed by atoms with Crippen LogP contribution in [0.3, 0.4) is 0 Å². The lowest BCUT2D eigenvalue weighted by atomic mass is 10.1. The third-order valence-electron chi connectivity index (χ3n) is 4.26. The summed E-state index contributed by atoms with van der Waals surface area (Å²) in [6.07, 6.45) is 3.59. The lowest BCUT2D eigenvalue weighted by Crippen LogP contribution is -2.44. The fraction of sp³-hybridized carbons (Fsp3) is 0.625. The summed E-state index contributed by atoms with van der Waals surface area (Å²) in [5.74, 6) is 0. The highest BCUT2D eigenvalue weighted by Gasteiger charge is 2.26. The molecule has 2 unspecified atom stereocenters. The Morgan fingerprint density at radius 2 is 2.16 bits per heavy atom. The molecule has 2 fully saturated rings. The van der Waals surface area contributed by atoms with E-state index < -0.39 is 0 Å². The molecule has 3 rings (SSSR count). The van der Waals surface area contributed by atoms with Crippen molar-refractivity contribution in [1.82, 2.24) is 10.2 Å². The standard InChI is InChI=1S/C16H24N2O/c1-2-5-14(6-3-1)11-15-12-18(9-4-8-17-15)16-7-10-19-13-16/h1-3,5-6,15-17H,4,7-13H2. The fourth-order valence-corrected chi connectivity index (χ4v) is 3.20. The van der Waals surface area contributed by atoms with Crippen LogP contribution in [0.25, 0.3) is 0 Å². The summed E-state index contributed by atoms with van der Waals surface area (Å²) in [7, 11) is 0. The van der Waals surface area contributed by atoms with E-state index in [-0.39, 0.29) is 0 Å². The molecule has 2 saturated heterocycles. The predicted octanol–water partition coefficient (Wildman–Crippen LogP) is 1.68. The van der Waals surface area contributed by atoms with Gasteiger partial charge in [-0.3, -0.25) is 4.90 Å². The second-order valence-corrected chi connectivity index (χ2v) is 5.71. The maximum atomic E-state index is 5.54. The van der Waals surface area contributed by atoms with E-state index in [4.69, 9.17) is 4.74 Å². The van der Waals surface area contributed by atoms with Gasteiger partial charge in [0, 0.05) is 25.2 Å². The van der Waals surface area contributed by atoms with Gasteiger partial charge in [0.15, 0.2) is 0 Å². The summed E-state index contributed by atoms with van der Waals surface area (Å²) in [5, 5.41) is 3.70. The van der Waals surface area contributed by atoms with Crippen molar-refractivity contribution in [2.45, 2.75) is 31.3 Å². The Morgan fingerprint density at radius 3 is 2.95 bits per heavy atom. The normalized spacial score (nSPS) is 29.3. The molecule has 2 aliphatic heterocycles. The van der Waals surface area contributed by atoms with Gasteiger partial charge in [-0.25, -0.2) is 0 Å². The minimum absolute atomic E-state index is 0.575. The third-order valence-corrected chi connectivity index (χ3v) is 4.26. The molecule has 3 heteroatoms. The molecule has 104 valence electrons.